The highest BCUT2D eigenvalue weighted by Gasteiger charge is 2.16. The highest BCUT2D eigenvalue weighted by atomic mass is 16.5. The van der Waals surface area contributed by atoms with Gasteiger partial charge in [-0.25, -0.2) is 0 Å². The summed E-state index contributed by atoms with van der Waals surface area (Å²) in [5.74, 6) is 1.34. The lowest BCUT2D eigenvalue weighted by Crippen LogP contribution is -2.06. The summed E-state index contributed by atoms with van der Waals surface area (Å²) >= 11 is 0. The third-order valence-corrected chi connectivity index (χ3v) is 2.34. The molecule has 0 saturated carbocycles. The van der Waals surface area contributed by atoms with Gasteiger partial charge in [-0.2, -0.15) is 0 Å². The van der Waals surface area contributed by atoms with Crippen LogP contribution in [0.1, 0.15) is 44.0 Å². The van der Waals surface area contributed by atoms with Gasteiger partial charge in [0.15, 0.2) is 17.3 Å². The summed E-state index contributed by atoms with van der Waals surface area (Å²) in [7, 11) is 0. The SMILES string of the molecule is CCCC(=O)c1cccc(OCC)c1OCC. The van der Waals surface area contributed by atoms with E-state index in [-0.39, 0.29) is 5.78 Å². The normalized spacial score (nSPS) is 10.1. The van der Waals surface area contributed by atoms with Crippen LogP contribution in [0, 0.1) is 0 Å². The van der Waals surface area contributed by atoms with Gasteiger partial charge in [-0.15, -0.1) is 0 Å². The van der Waals surface area contributed by atoms with Crippen LogP contribution in [0.15, 0.2) is 18.2 Å². The van der Waals surface area contributed by atoms with Gasteiger partial charge in [-0.05, 0) is 32.4 Å². The maximum atomic E-state index is 12.0. The molecular weight excluding hydrogens is 216 g/mol. The van der Waals surface area contributed by atoms with E-state index in [1.54, 1.807) is 6.07 Å². The van der Waals surface area contributed by atoms with E-state index in [9.17, 15) is 4.79 Å². The summed E-state index contributed by atoms with van der Waals surface area (Å²) in [4.78, 5) is 12.0. The van der Waals surface area contributed by atoms with Gasteiger partial charge in [-0.3, -0.25) is 4.79 Å². The van der Waals surface area contributed by atoms with Gasteiger partial charge in [-0.1, -0.05) is 13.0 Å². The molecule has 0 amide bonds. The minimum absolute atomic E-state index is 0.109. The molecule has 3 nitrogen and oxygen atoms in total. The lowest BCUT2D eigenvalue weighted by atomic mass is 10.1. The number of para-hydroxylation sites is 1. The Morgan fingerprint density at radius 3 is 2.41 bits per heavy atom. The van der Waals surface area contributed by atoms with Crippen LogP contribution in [-0.4, -0.2) is 19.0 Å². The molecule has 0 bridgehead atoms. The second-order valence-electron chi connectivity index (χ2n) is 3.67. The molecule has 1 aromatic carbocycles. The number of ether oxygens (including phenoxy) is 2. The standard InChI is InChI=1S/C14H20O3/c1-4-8-12(15)11-9-7-10-13(16-5-2)14(11)17-6-3/h7,9-10H,4-6,8H2,1-3H3. The molecule has 1 aromatic rings. The maximum absolute atomic E-state index is 12.0. The van der Waals surface area contributed by atoms with E-state index in [0.717, 1.165) is 6.42 Å². The number of carbonyl (C=O) groups is 1. The summed E-state index contributed by atoms with van der Waals surface area (Å²) < 4.78 is 11.0. The number of benzene rings is 1. The van der Waals surface area contributed by atoms with Crippen LogP contribution in [0.4, 0.5) is 0 Å². The van der Waals surface area contributed by atoms with Gasteiger partial charge in [0.05, 0.1) is 18.8 Å². The van der Waals surface area contributed by atoms with Crippen molar-refractivity contribution in [3.8, 4) is 11.5 Å². The van der Waals surface area contributed by atoms with E-state index >= 15 is 0 Å². The van der Waals surface area contributed by atoms with Crippen molar-refractivity contribution in [3.63, 3.8) is 0 Å². The Balaban J connectivity index is 3.09. The first kappa shape index (κ1) is 13.6. The Hall–Kier alpha value is -1.51. The predicted molar refractivity (Wildman–Crippen MR) is 68.0 cm³/mol. The molecule has 0 fully saturated rings. The first-order chi connectivity index (χ1) is 8.24. The first-order valence-corrected chi connectivity index (χ1v) is 6.16. The van der Waals surface area contributed by atoms with E-state index in [1.165, 1.54) is 0 Å². The maximum Gasteiger partial charge on any atom is 0.171 e. The van der Waals surface area contributed by atoms with Crippen molar-refractivity contribution in [2.75, 3.05) is 13.2 Å². The van der Waals surface area contributed by atoms with Gasteiger partial charge in [0, 0.05) is 6.42 Å². The fourth-order valence-electron chi connectivity index (χ4n) is 1.66. The van der Waals surface area contributed by atoms with Crippen molar-refractivity contribution in [1.29, 1.82) is 0 Å². The zero-order valence-corrected chi connectivity index (χ0v) is 10.8. The molecule has 0 spiro atoms. The van der Waals surface area contributed by atoms with Crippen LogP contribution in [-0.2, 0) is 0 Å². The van der Waals surface area contributed by atoms with Crippen LogP contribution in [0.5, 0.6) is 11.5 Å². The number of hydrogen-bond donors (Lipinski definition) is 0. The molecule has 0 atom stereocenters. The van der Waals surface area contributed by atoms with Crippen LogP contribution in [0.2, 0.25) is 0 Å². The van der Waals surface area contributed by atoms with Gasteiger partial charge in [0.2, 0.25) is 0 Å². The van der Waals surface area contributed by atoms with E-state index in [4.69, 9.17) is 9.47 Å². The van der Waals surface area contributed by atoms with Gasteiger partial charge >= 0.3 is 0 Å². The van der Waals surface area contributed by atoms with E-state index in [1.807, 2.05) is 32.9 Å². The van der Waals surface area contributed by atoms with Crippen molar-refractivity contribution in [2.24, 2.45) is 0 Å². The number of hydrogen-bond acceptors (Lipinski definition) is 3. The number of carbonyl (C=O) groups excluding carboxylic acids is 1. The number of Topliss-reactive ketones (excluding diaryl/α,β-unsaturated/α-hetero) is 1. The first-order valence-electron chi connectivity index (χ1n) is 6.16. The molecular formula is C14H20O3. The average molecular weight is 236 g/mol. The Morgan fingerprint density at radius 1 is 1.12 bits per heavy atom. The van der Waals surface area contributed by atoms with Gasteiger partial charge in [0.25, 0.3) is 0 Å². The second-order valence-corrected chi connectivity index (χ2v) is 3.67. The van der Waals surface area contributed by atoms with Crippen molar-refractivity contribution < 1.29 is 14.3 Å². The van der Waals surface area contributed by atoms with Crippen LogP contribution in [0.25, 0.3) is 0 Å². The summed E-state index contributed by atoms with van der Waals surface area (Å²) in [6.07, 6.45) is 1.37. The summed E-state index contributed by atoms with van der Waals surface area (Å²) in [6.45, 7) is 6.89. The zero-order valence-electron chi connectivity index (χ0n) is 10.8. The van der Waals surface area contributed by atoms with E-state index in [0.29, 0.717) is 36.7 Å². The van der Waals surface area contributed by atoms with Crippen molar-refractivity contribution in [3.05, 3.63) is 23.8 Å². The minimum Gasteiger partial charge on any atom is -0.490 e. The van der Waals surface area contributed by atoms with E-state index < -0.39 is 0 Å². The lowest BCUT2D eigenvalue weighted by molar-refractivity contribution is 0.0977. The molecule has 94 valence electrons. The molecule has 0 aromatic heterocycles. The highest BCUT2D eigenvalue weighted by molar-refractivity contribution is 5.99. The minimum atomic E-state index is 0.109. The van der Waals surface area contributed by atoms with Gasteiger partial charge in [0.1, 0.15) is 0 Å². The Bertz CT molecular complexity index is 372. The zero-order chi connectivity index (χ0) is 12.7. The fraction of sp³-hybridized carbons (Fsp3) is 0.500. The quantitative estimate of drug-likeness (QED) is 0.680. The van der Waals surface area contributed by atoms with Crippen molar-refractivity contribution in [1.82, 2.24) is 0 Å². The van der Waals surface area contributed by atoms with Crippen molar-refractivity contribution in [2.45, 2.75) is 33.6 Å². The molecule has 0 aliphatic carbocycles. The molecule has 0 heterocycles. The monoisotopic (exact) mass is 236 g/mol. The summed E-state index contributed by atoms with van der Waals surface area (Å²) in [5, 5.41) is 0. The highest BCUT2D eigenvalue weighted by Crippen LogP contribution is 2.32. The summed E-state index contributed by atoms with van der Waals surface area (Å²) in [5.41, 5.74) is 0.625. The number of rotatable bonds is 7. The molecule has 0 aliphatic rings. The molecule has 0 aliphatic heterocycles. The molecule has 0 N–H and O–H groups in total. The third kappa shape index (κ3) is 3.48. The Kier molecular flexibility index (Phi) is 5.53. The molecule has 17 heavy (non-hydrogen) atoms. The topological polar surface area (TPSA) is 35.5 Å². The fourth-order valence-corrected chi connectivity index (χ4v) is 1.66. The van der Waals surface area contributed by atoms with Gasteiger partial charge < -0.3 is 9.47 Å². The van der Waals surface area contributed by atoms with Crippen LogP contribution >= 0.6 is 0 Å². The van der Waals surface area contributed by atoms with Crippen LogP contribution in [0.3, 0.4) is 0 Å². The smallest absolute Gasteiger partial charge is 0.171 e. The molecule has 3 heteroatoms. The Morgan fingerprint density at radius 2 is 1.82 bits per heavy atom. The molecule has 1 rings (SSSR count). The largest absolute Gasteiger partial charge is 0.490 e. The van der Waals surface area contributed by atoms with E-state index in [2.05, 4.69) is 0 Å². The van der Waals surface area contributed by atoms with Crippen LogP contribution < -0.4 is 9.47 Å². The molecule has 0 unspecified atom stereocenters. The molecule has 0 radical (unpaired) electrons. The number of ketones is 1. The predicted octanol–water partition coefficient (Wildman–Crippen LogP) is 3.47. The van der Waals surface area contributed by atoms with Crippen molar-refractivity contribution >= 4 is 5.78 Å². The Labute approximate surface area is 103 Å². The molecule has 0 saturated heterocycles. The summed E-state index contributed by atoms with van der Waals surface area (Å²) in [6, 6.07) is 5.46. The third-order valence-electron chi connectivity index (χ3n) is 2.34. The average Bonchev–Trinajstić information content (AvgIpc) is 2.32. The second kappa shape index (κ2) is 6.94. The lowest BCUT2D eigenvalue weighted by Gasteiger charge is -2.14.